The highest BCUT2D eigenvalue weighted by atomic mass is 16.5. The van der Waals surface area contributed by atoms with Crippen molar-refractivity contribution in [3.63, 3.8) is 0 Å². The molecule has 0 radical (unpaired) electrons. The van der Waals surface area contributed by atoms with Gasteiger partial charge in [0.05, 0.1) is 11.0 Å². The van der Waals surface area contributed by atoms with Crippen LogP contribution in [0.3, 0.4) is 0 Å². The molecule has 3 heteroatoms. The number of rotatable bonds is 3. The molecule has 3 aliphatic rings. The van der Waals surface area contributed by atoms with Crippen LogP contribution in [0.4, 0.5) is 5.69 Å². The number of Topliss-reactive ketones (excluding diaryl/α,β-unsaturated/α-hetero) is 1. The molecule has 21 heavy (non-hydrogen) atoms. The summed E-state index contributed by atoms with van der Waals surface area (Å²) in [5, 5.41) is 0. The van der Waals surface area contributed by atoms with Crippen LogP contribution in [0.25, 0.3) is 0 Å². The monoisotopic (exact) mass is 285 g/mol. The predicted octanol–water partition coefficient (Wildman–Crippen LogP) is 3.22. The van der Waals surface area contributed by atoms with Crippen molar-refractivity contribution in [1.29, 1.82) is 0 Å². The minimum absolute atomic E-state index is 0.0514. The molecule has 2 aliphatic carbocycles. The number of nitrogen functional groups attached to an aromatic ring is 1. The number of benzene rings is 1. The minimum atomic E-state index is -0.208. The number of nitrogens with two attached hydrogens (primary N) is 1. The van der Waals surface area contributed by atoms with E-state index in [1.54, 1.807) is 0 Å². The maximum atomic E-state index is 13.1. The van der Waals surface area contributed by atoms with Crippen LogP contribution in [0, 0.1) is 5.92 Å². The molecule has 0 bridgehead atoms. The van der Waals surface area contributed by atoms with Gasteiger partial charge in [0.15, 0.2) is 0 Å². The zero-order chi connectivity index (χ0) is 14.5. The van der Waals surface area contributed by atoms with E-state index in [9.17, 15) is 4.79 Å². The van der Waals surface area contributed by atoms with E-state index in [2.05, 4.69) is 0 Å². The van der Waals surface area contributed by atoms with Gasteiger partial charge in [-0.3, -0.25) is 4.79 Å². The molecule has 1 heterocycles. The minimum Gasteiger partial charge on any atom is -0.399 e. The van der Waals surface area contributed by atoms with Crippen LogP contribution < -0.4 is 5.73 Å². The number of carbonyl (C=O) groups excluding carboxylic acids is 1. The molecular formula is C18H23NO2. The fourth-order valence-corrected chi connectivity index (χ4v) is 4.17. The SMILES string of the molecule is Nc1ccc(C2(C(=O)C3CCOC4(CCC4)C3)CC2)cc1. The molecule has 1 saturated heterocycles. The summed E-state index contributed by atoms with van der Waals surface area (Å²) in [6.07, 6.45) is 7.39. The Labute approximate surface area is 125 Å². The van der Waals surface area contributed by atoms with Crippen molar-refractivity contribution in [2.24, 2.45) is 5.92 Å². The summed E-state index contributed by atoms with van der Waals surface area (Å²) in [5.41, 5.74) is 7.54. The first-order valence-electron chi connectivity index (χ1n) is 8.18. The topological polar surface area (TPSA) is 52.3 Å². The van der Waals surface area contributed by atoms with Gasteiger partial charge in [0.2, 0.25) is 0 Å². The van der Waals surface area contributed by atoms with Gasteiger partial charge in [-0.2, -0.15) is 0 Å². The van der Waals surface area contributed by atoms with Gasteiger partial charge in [-0.15, -0.1) is 0 Å². The van der Waals surface area contributed by atoms with Crippen molar-refractivity contribution in [1.82, 2.24) is 0 Å². The second-order valence-electron chi connectivity index (χ2n) is 7.14. The van der Waals surface area contributed by atoms with E-state index < -0.39 is 0 Å². The highest BCUT2D eigenvalue weighted by molar-refractivity contribution is 5.95. The quantitative estimate of drug-likeness (QED) is 0.868. The molecule has 1 aliphatic heterocycles. The van der Waals surface area contributed by atoms with Crippen LogP contribution in [0.5, 0.6) is 0 Å². The standard InChI is InChI=1S/C18H23NO2/c19-15-4-2-14(3-5-15)18(9-10-18)16(20)13-6-11-21-17(12-13)7-1-8-17/h2-5,13H,1,6-12,19H2. The first kappa shape index (κ1) is 13.3. The highest BCUT2D eigenvalue weighted by Crippen LogP contribution is 2.53. The van der Waals surface area contributed by atoms with Crippen LogP contribution in [-0.4, -0.2) is 18.0 Å². The Morgan fingerprint density at radius 2 is 1.86 bits per heavy atom. The van der Waals surface area contributed by atoms with Gasteiger partial charge in [0.1, 0.15) is 5.78 Å². The molecule has 3 fully saturated rings. The third kappa shape index (κ3) is 2.10. The molecule has 1 unspecified atom stereocenters. The number of ketones is 1. The highest BCUT2D eigenvalue weighted by Gasteiger charge is 2.55. The molecule has 1 spiro atoms. The van der Waals surface area contributed by atoms with E-state index in [0.29, 0.717) is 5.78 Å². The van der Waals surface area contributed by atoms with Gasteiger partial charge in [-0.1, -0.05) is 12.1 Å². The Morgan fingerprint density at radius 1 is 1.14 bits per heavy atom. The number of anilines is 1. The summed E-state index contributed by atoms with van der Waals surface area (Å²) in [5.74, 6) is 0.654. The van der Waals surface area contributed by atoms with Gasteiger partial charge in [0, 0.05) is 18.2 Å². The molecule has 3 nitrogen and oxygen atoms in total. The Bertz CT molecular complexity index is 555. The van der Waals surface area contributed by atoms with Crippen LogP contribution in [-0.2, 0) is 14.9 Å². The van der Waals surface area contributed by atoms with Crippen LogP contribution in [0.15, 0.2) is 24.3 Å². The van der Waals surface area contributed by atoms with Crippen molar-refractivity contribution >= 4 is 11.5 Å². The molecule has 0 amide bonds. The summed E-state index contributed by atoms with van der Waals surface area (Å²) in [7, 11) is 0. The zero-order valence-electron chi connectivity index (χ0n) is 12.4. The lowest BCUT2D eigenvalue weighted by molar-refractivity contribution is -0.157. The maximum Gasteiger partial charge on any atom is 0.146 e. The normalized spacial score (nSPS) is 28.9. The molecule has 2 N–H and O–H groups in total. The van der Waals surface area contributed by atoms with E-state index in [1.807, 2.05) is 24.3 Å². The molecule has 1 atom stereocenters. The lowest BCUT2D eigenvalue weighted by Gasteiger charge is -2.47. The van der Waals surface area contributed by atoms with E-state index in [1.165, 1.54) is 6.42 Å². The number of ether oxygens (including phenoxy) is 1. The molecule has 1 aromatic carbocycles. The molecule has 1 aromatic rings. The zero-order valence-corrected chi connectivity index (χ0v) is 12.4. The Morgan fingerprint density at radius 3 is 2.43 bits per heavy atom. The molecule has 112 valence electrons. The smallest absolute Gasteiger partial charge is 0.146 e. The summed E-state index contributed by atoms with van der Waals surface area (Å²) in [6.45, 7) is 0.758. The third-order valence-corrected chi connectivity index (χ3v) is 5.81. The van der Waals surface area contributed by atoms with Gasteiger partial charge in [0.25, 0.3) is 0 Å². The third-order valence-electron chi connectivity index (χ3n) is 5.81. The summed E-state index contributed by atoms with van der Waals surface area (Å²) < 4.78 is 5.97. The lowest BCUT2D eigenvalue weighted by Crippen LogP contribution is -2.48. The van der Waals surface area contributed by atoms with Crippen molar-refractivity contribution in [3.05, 3.63) is 29.8 Å². The van der Waals surface area contributed by atoms with Crippen LogP contribution in [0.1, 0.15) is 50.5 Å². The average molecular weight is 285 g/mol. The van der Waals surface area contributed by atoms with Crippen molar-refractivity contribution in [2.75, 3.05) is 12.3 Å². The summed E-state index contributed by atoms with van der Waals surface area (Å²) in [4.78, 5) is 13.1. The Balaban J connectivity index is 1.55. The molecular weight excluding hydrogens is 262 g/mol. The summed E-state index contributed by atoms with van der Waals surface area (Å²) in [6, 6.07) is 7.91. The fraction of sp³-hybridized carbons (Fsp3) is 0.611. The molecule has 2 saturated carbocycles. The summed E-state index contributed by atoms with van der Waals surface area (Å²) >= 11 is 0. The second kappa shape index (κ2) is 4.57. The van der Waals surface area contributed by atoms with E-state index in [-0.39, 0.29) is 16.9 Å². The first-order chi connectivity index (χ1) is 10.1. The lowest BCUT2D eigenvalue weighted by atomic mass is 9.69. The van der Waals surface area contributed by atoms with Crippen molar-refractivity contribution in [2.45, 2.75) is 56.0 Å². The molecule has 0 aromatic heterocycles. The number of carbonyl (C=O) groups is 1. The maximum absolute atomic E-state index is 13.1. The fourth-order valence-electron chi connectivity index (χ4n) is 4.17. The Kier molecular flexibility index (Phi) is 2.90. The van der Waals surface area contributed by atoms with E-state index >= 15 is 0 Å². The van der Waals surface area contributed by atoms with Gasteiger partial charge in [-0.05, 0) is 62.6 Å². The van der Waals surface area contributed by atoms with Gasteiger partial charge in [-0.25, -0.2) is 0 Å². The van der Waals surface area contributed by atoms with E-state index in [4.69, 9.17) is 10.5 Å². The van der Waals surface area contributed by atoms with Gasteiger partial charge < -0.3 is 10.5 Å². The second-order valence-corrected chi connectivity index (χ2v) is 7.14. The van der Waals surface area contributed by atoms with Crippen molar-refractivity contribution < 1.29 is 9.53 Å². The Hall–Kier alpha value is -1.35. The van der Waals surface area contributed by atoms with Gasteiger partial charge >= 0.3 is 0 Å². The number of hydrogen-bond donors (Lipinski definition) is 1. The average Bonchev–Trinajstić information content (AvgIpc) is 3.27. The first-order valence-corrected chi connectivity index (χ1v) is 8.18. The van der Waals surface area contributed by atoms with Crippen LogP contribution in [0.2, 0.25) is 0 Å². The number of hydrogen-bond acceptors (Lipinski definition) is 3. The van der Waals surface area contributed by atoms with Crippen molar-refractivity contribution in [3.8, 4) is 0 Å². The molecule has 4 rings (SSSR count). The predicted molar refractivity (Wildman–Crippen MR) is 82.0 cm³/mol. The van der Waals surface area contributed by atoms with Crippen LogP contribution >= 0.6 is 0 Å². The largest absolute Gasteiger partial charge is 0.399 e. The van der Waals surface area contributed by atoms with E-state index in [0.717, 1.165) is 56.4 Å².